The molecule has 0 aliphatic rings. The van der Waals surface area contributed by atoms with E-state index in [1.807, 2.05) is 42.5 Å². The van der Waals surface area contributed by atoms with Crippen molar-refractivity contribution in [2.24, 2.45) is 0 Å². The van der Waals surface area contributed by atoms with E-state index in [0.717, 1.165) is 30.0 Å². The van der Waals surface area contributed by atoms with Crippen LogP contribution >= 0.6 is 11.6 Å². The average Bonchev–Trinajstić information content (AvgIpc) is 2.65. The van der Waals surface area contributed by atoms with Crippen LogP contribution < -0.4 is 10.1 Å². The number of rotatable bonds is 10. The topological polar surface area (TPSA) is 38.3 Å². The van der Waals surface area contributed by atoms with Crippen LogP contribution in [0.25, 0.3) is 6.08 Å². The predicted octanol–water partition coefficient (Wildman–Crippen LogP) is 6.34. The van der Waals surface area contributed by atoms with Gasteiger partial charge in [-0.2, -0.15) is 0 Å². The third-order valence-electron chi connectivity index (χ3n) is 3.96. The molecule has 2 aromatic rings. The summed E-state index contributed by atoms with van der Waals surface area (Å²) in [5.41, 5.74) is 1.54. The number of benzene rings is 2. The van der Waals surface area contributed by atoms with Crippen LogP contribution in [0.5, 0.6) is 5.75 Å². The van der Waals surface area contributed by atoms with E-state index in [0.29, 0.717) is 5.02 Å². The van der Waals surface area contributed by atoms with E-state index in [4.69, 9.17) is 16.3 Å². The second kappa shape index (κ2) is 11.4. The SMILES string of the molecule is CCCCCCCOc1ccc(NC(=O)/C=C/c2ccccc2Cl)cc1. The van der Waals surface area contributed by atoms with Crippen molar-refractivity contribution in [1.82, 2.24) is 0 Å². The van der Waals surface area contributed by atoms with Crippen LogP contribution in [0.4, 0.5) is 5.69 Å². The van der Waals surface area contributed by atoms with Crippen molar-refractivity contribution in [2.45, 2.75) is 39.0 Å². The zero-order chi connectivity index (χ0) is 18.6. The number of hydrogen-bond donors (Lipinski definition) is 1. The molecule has 0 radical (unpaired) electrons. The Morgan fingerprint density at radius 3 is 2.50 bits per heavy atom. The molecule has 26 heavy (non-hydrogen) atoms. The maximum absolute atomic E-state index is 12.0. The van der Waals surface area contributed by atoms with Crippen molar-refractivity contribution in [1.29, 1.82) is 0 Å². The lowest BCUT2D eigenvalue weighted by Gasteiger charge is -2.07. The van der Waals surface area contributed by atoms with Crippen molar-refractivity contribution in [3.63, 3.8) is 0 Å². The van der Waals surface area contributed by atoms with E-state index in [2.05, 4.69) is 12.2 Å². The molecule has 0 spiro atoms. The number of anilines is 1. The highest BCUT2D eigenvalue weighted by Gasteiger charge is 2.00. The van der Waals surface area contributed by atoms with Gasteiger partial charge in [-0.3, -0.25) is 4.79 Å². The molecular weight excluding hydrogens is 346 g/mol. The van der Waals surface area contributed by atoms with E-state index in [-0.39, 0.29) is 5.91 Å². The average molecular weight is 372 g/mol. The van der Waals surface area contributed by atoms with E-state index < -0.39 is 0 Å². The maximum Gasteiger partial charge on any atom is 0.248 e. The number of ether oxygens (including phenoxy) is 1. The van der Waals surface area contributed by atoms with Gasteiger partial charge in [0.2, 0.25) is 5.91 Å². The summed E-state index contributed by atoms with van der Waals surface area (Å²) < 4.78 is 5.72. The maximum atomic E-state index is 12.0. The molecule has 1 amide bonds. The molecule has 138 valence electrons. The molecule has 0 fully saturated rings. The van der Waals surface area contributed by atoms with Crippen molar-refractivity contribution in [2.75, 3.05) is 11.9 Å². The Morgan fingerprint density at radius 2 is 1.77 bits per heavy atom. The van der Waals surface area contributed by atoms with Crippen LogP contribution in [-0.4, -0.2) is 12.5 Å². The fourth-order valence-electron chi connectivity index (χ4n) is 2.49. The summed E-state index contributed by atoms with van der Waals surface area (Å²) in [6.45, 7) is 2.94. The first-order valence-corrected chi connectivity index (χ1v) is 9.53. The minimum Gasteiger partial charge on any atom is -0.494 e. The van der Waals surface area contributed by atoms with Crippen molar-refractivity contribution < 1.29 is 9.53 Å². The highest BCUT2D eigenvalue weighted by Crippen LogP contribution is 2.18. The smallest absolute Gasteiger partial charge is 0.248 e. The van der Waals surface area contributed by atoms with Gasteiger partial charge in [0.25, 0.3) is 0 Å². The summed E-state index contributed by atoms with van der Waals surface area (Å²) in [6.07, 6.45) is 9.27. The Kier molecular flexibility index (Phi) is 8.77. The van der Waals surface area contributed by atoms with Crippen LogP contribution in [-0.2, 0) is 4.79 Å². The van der Waals surface area contributed by atoms with Crippen molar-refractivity contribution >= 4 is 29.3 Å². The van der Waals surface area contributed by atoms with Gasteiger partial charge in [-0.15, -0.1) is 0 Å². The normalized spacial score (nSPS) is 10.8. The fourth-order valence-corrected chi connectivity index (χ4v) is 2.69. The Hall–Kier alpha value is -2.26. The van der Waals surface area contributed by atoms with Crippen LogP contribution in [0.3, 0.4) is 0 Å². The van der Waals surface area contributed by atoms with Gasteiger partial charge >= 0.3 is 0 Å². The summed E-state index contributed by atoms with van der Waals surface area (Å²) in [4.78, 5) is 12.0. The molecule has 0 saturated carbocycles. The highest BCUT2D eigenvalue weighted by atomic mass is 35.5. The van der Waals surface area contributed by atoms with Gasteiger partial charge in [0.05, 0.1) is 6.61 Å². The summed E-state index contributed by atoms with van der Waals surface area (Å²) in [6, 6.07) is 14.8. The van der Waals surface area contributed by atoms with Gasteiger partial charge in [0.1, 0.15) is 5.75 Å². The summed E-state index contributed by atoms with van der Waals surface area (Å²) in [5.74, 6) is 0.625. The molecule has 0 bridgehead atoms. The number of amides is 1. The predicted molar refractivity (Wildman–Crippen MR) is 110 cm³/mol. The van der Waals surface area contributed by atoms with Gasteiger partial charge in [-0.05, 0) is 48.4 Å². The molecule has 0 unspecified atom stereocenters. The largest absolute Gasteiger partial charge is 0.494 e. The zero-order valence-corrected chi connectivity index (χ0v) is 16.0. The van der Waals surface area contributed by atoms with Crippen molar-refractivity contribution in [3.05, 3.63) is 65.2 Å². The lowest BCUT2D eigenvalue weighted by molar-refractivity contribution is -0.111. The van der Waals surface area contributed by atoms with Gasteiger partial charge < -0.3 is 10.1 Å². The van der Waals surface area contributed by atoms with Gasteiger partial charge in [-0.25, -0.2) is 0 Å². The van der Waals surface area contributed by atoms with Crippen LogP contribution in [0.1, 0.15) is 44.6 Å². The third-order valence-corrected chi connectivity index (χ3v) is 4.30. The molecule has 0 heterocycles. The standard InChI is InChI=1S/C22H26ClNO2/c1-2-3-4-5-8-17-26-20-14-12-19(13-15-20)24-22(25)16-11-18-9-6-7-10-21(18)23/h6-7,9-16H,2-5,8,17H2,1H3,(H,24,25)/b16-11+. The van der Waals surface area contributed by atoms with Crippen molar-refractivity contribution in [3.8, 4) is 5.75 Å². The first-order valence-electron chi connectivity index (χ1n) is 9.15. The van der Waals surface area contributed by atoms with E-state index in [9.17, 15) is 4.79 Å². The highest BCUT2D eigenvalue weighted by molar-refractivity contribution is 6.32. The zero-order valence-electron chi connectivity index (χ0n) is 15.2. The number of carbonyl (C=O) groups is 1. The lowest BCUT2D eigenvalue weighted by Crippen LogP contribution is -2.07. The summed E-state index contributed by atoms with van der Waals surface area (Å²) >= 11 is 6.07. The molecule has 0 aliphatic carbocycles. The molecule has 0 atom stereocenters. The number of halogens is 1. The summed E-state index contributed by atoms with van der Waals surface area (Å²) in [5, 5.41) is 3.44. The third kappa shape index (κ3) is 7.32. The first kappa shape index (κ1) is 20.1. The number of carbonyl (C=O) groups excluding carboxylic acids is 1. The Morgan fingerprint density at radius 1 is 1.04 bits per heavy atom. The minimum absolute atomic E-state index is 0.200. The van der Waals surface area contributed by atoms with Crippen LogP contribution in [0, 0.1) is 0 Å². The van der Waals surface area contributed by atoms with E-state index >= 15 is 0 Å². The number of unbranched alkanes of at least 4 members (excludes halogenated alkanes) is 4. The Balaban J connectivity index is 1.76. The molecule has 0 aliphatic heterocycles. The summed E-state index contributed by atoms with van der Waals surface area (Å²) in [7, 11) is 0. The number of nitrogens with one attached hydrogen (secondary N) is 1. The molecular formula is C22H26ClNO2. The second-order valence-corrected chi connectivity index (χ2v) is 6.54. The van der Waals surface area contributed by atoms with Gasteiger partial charge in [0, 0.05) is 16.8 Å². The Labute approximate surface area is 161 Å². The van der Waals surface area contributed by atoms with Gasteiger partial charge in [0.15, 0.2) is 0 Å². The second-order valence-electron chi connectivity index (χ2n) is 6.13. The van der Waals surface area contributed by atoms with E-state index in [1.54, 1.807) is 12.1 Å². The number of hydrogen-bond acceptors (Lipinski definition) is 2. The first-order chi connectivity index (χ1) is 12.7. The van der Waals surface area contributed by atoms with E-state index in [1.165, 1.54) is 31.8 Å². The molecule has 0 aromatic heterocycles. The Bertz CT molecular complexity index is 710. The van der Waals surface area contributed by atoms with Crippen LogP contribution in [0.2, 0.25) is 5.02 Å². The lowest BCUT2D eigenvalue weighted by atomic mass is 10.2. The van der Waals surface area contributed by atoms with Gasteiger partial charge in [-0.1, -0.05) is 62.4 Å². The molecule has 2 rings (SSSR count). The quantitative estimate of drug-likeness (QED) is 0.390. The molecule has 0 saturated heterocycles. The minimum atomic E-state index is -0.200. The molecule has 2 aromatic carbocycles. The molecule has 3 nitrogen and oxygen atoms in total. The molecule has 4 heteroatoms. The fraction of sp³-hybridized carbons (Fsp3) is 0.318. The molecule has 1 N–H and O–H groups in total. The monoisotopic (exact) mass is 371 g/mol. The van der Waals surface area contributed by atoms with Crippen LogP contribution in [0.15, 0.2) is 54.6 Å².